The highest BCUT2D eigenvalue weighted by atomic mass is 32.2. The molecule has 8 heteroatoms. The Labute approximate surface area is 103 Å². The van der Waals surface area contributed by atoms with E-state index in [0.29, 0.717) is 4.88 Å². The summed E-state index contributed by atoms with van der Waals surface area (Å²) in [5.41, 5.74) is -1.25. The maximum atomic E-state index is 11.6. The SMILES string of the molecule is O=C(CSc1n[nH]c(=O)[nH]c1=O)c1cccs1. The van der Waals surface area contributed by atoms with E-state index in [4.69, 9.17) is 0 Å². The molecule has 0 saturated heterocycles. The van der Waals surface area contributed by atoms with Gasteiger partial charge < -0.3 is 0 Å². The molecule has 0 amide bonds. The second-order valence-electron chi connectivity index (χ2n) is 3.00. The number of carbonyl (C=O) groups is 1. The fraction of sp³-hybridized carbons (Fsp3) is 0.111. The number of nitrogens with zero attached hydrogens (tertiary/aromatic N) is 1. The van der Waals surface area contributed by atoms with Crippen molar-refractivity contribution >= 4 is 28.9 Å². The van der Waals surface area contributed by atoms with Crippen molar-refractivity contribution in [3.8, 4) is 0 Å². The van der Waals surface area contributed by atoms with Crippen molar-refractivity contribution in [2.24, 2.45) is 0 Å². The summed E-state index contributed by atoms with van der Waals surface area (Å²) in [7, 11) is 0. The van der Waals surface area contributed by atoms with E-state index in [1.54, 1.807) is 12.1 Å². The third kappa shape index (κ3) is 2.92. The van der Waals surface area contributed by atoms with Gasteiger partial charge in [-0.1, -0.05) is 17.8 Å². The van der Waals surface area contributed by atoms with Crippen LogP contribution in [0.3, 0.4) is 0 Å². The maximum absolute atomic E-state index is 11.6. The molecule has 0 radical (unpaired) electrons. The number of hydrogen-bond donors (Lipinski definition) is 2. The molecule has 0 aliphatic rings. The highest BCUT2D eigenvalue weighted by Crippen LogP contribution is 2.15. The van der Waals surface area contributed by atoms with Crippen molar-refractivity contribution in [3.63, 3.8) is 0 Å². The Bertz CT molecular complexity index is 629. The summed E-state index contributed by atoms with van der Waals surface area (Å²) < 4.78 is 0. The Morgan fingerprint density at radius 2 is 2.29 bits per heavy atom. The molecule has 0 aromatic carbocycles. The lowest BCUT2D eigenvalue weighted by Gasteiger charge is -1.96. The lowest BCUT2D eigenvalue weighted by Crippen LogP contribution is -2.25. The van der Waals surface area contributed by atoms with E-state index >= 15 is 0 Å². The van der Waals surface area contributed by atoms with Crippen LogP contribution >= 0.6 is 23.1 Å². The van der Waals surface area contributed by atoms with E-state index in [-0.39, 0.29) is 16.6 Å². The molecule has 2 rings (SSSR count). The summed E-state index contributed by atoms with van der Waals surface area (Å²) >= 11 is 2.34. The quantitative estimate of drug-likeness (QED) is 0.622. The van der Waals surface area contributed by atoms with Crippen molar-refractivity contribution in [3.05, 3.63) is 43.2 Å². The minimum absolute atomic E-state index is 0.0719. The van der Waals surface area contributed by atoms with Gasteiger partial charge in [0.05, 0.1) is 10.6 Å². The maximum Gasteiger partial charge on any atom is 0.342 e. The lowest BCUT2D eigenvalue weighted by molar-refractivity contribution is 0.102. The predicted molar refractivity (Wildman–Crippen MR) is 64.9 cm³/mol. The van der Waals surface area contributed by atoms with Crippen LogP contribution in [0.1, 0.15) is 9.67 Å². The summed E-state index contributed by atoms with van der Waals surface area (Å²) in [6.45, 7) is 0. The Morgan fingerprint density at radius 1 is 1.47 bits per heavy atom. The second-order valence-corrected chi connectivity index (χ2v) is 4.91. The average molecular weight is 269 g/mol. The molecule has 0 aliphatic carbocycles. The lowest BCUT2D eigenvalue weighted by atomic mass is 10.4. The van der Waals surface area contributed by atoms with Crippen LogP contribution in [0, 0.1) is 0 Å². The van der Waals surface area contributed by atoms with Gasteiger partial charge in [0.2, 0.25) is 0 Å². The van der Waals surface area contributed by atoms with Crippen molar-refractivity contribution in [2.45, 2.75) is 5.03 Å². The Balaban J connectivity index is 2.06. The van der Waals surface area contributed by atoms with Crippen molar-refractivity contribution < 1.29 is 4.79 Å². The third-order valence-electron chi connectivity index (χ3n) is 1.82. The number of carbonyl (C=O) groups excluding carboxylic acids is 1. The number of H-pyrrole nitrogens is 2. The zero-order valence-corrected chi connectivity index (χ0v) is 10.1. The summed E-state index contributed by atoms with van der Waals surface area (Å²) in [5.74, 6) is 0.0419. The van der Waals surface area contributed by atoms with Gasteiger partial charge in [-0.25, -0.2) is 9.89 Å². The number of Topliss-reactive ketones (excluding diaryl/α,β-unsaturated/α-hetero) is 1. The molecule has 2 aromatic heterocycles. The van der Waals surface area contributed by atoms with E-state index in [2.05, 4.69) is 10.2 Å². The van der Waals surface area contributed by atoms with Crippen molar-refractivity contribution in [2.75, 3.05) is 5.75 Å². The molecular formula is C9H7N3O3S2. The minimum atomic E-state index is -0.663. The number of thioether (sulfide) groups is 1. The van der Waals surface area contributed by atoms with E-state index < -0.39 is 11.2 Å². The normalized spacial score (nSPS) is 10.4. The summed E-state index contributed by atoms with van der Waals surface area (Å²) in [6, 6.07) is 3.51. The Morgan fingerprint density at radius 3 is 2.94 bits per heavy atom. The molecule has 0 bridgehead atoms. The molecule has 0 unspecified atom stereocenters. The third-order valence-corrected chi connectivity index (χ3v) is 3.68. The molecular weight excluding hydrogens is 262 g/mol. The number of rotatable bonds is 4. The van der Waals surface area contributed by atoms with Gasteiger partial charge in [-0.2, -0.15) is 5.10 Å². The highest BCUT2D eigenvalue weighted by molar-refractivity contribution is 7.99. The van der Waals surface area contributed by atoms with Crippen LogP contribution in [0.25, 0.3) is 0 Å². The van der Waals surface area contributed by atoms with Crippen LogP contribution in [-0.2, 0) is 0 Å². The minimum Gasteiger partial charge on any atom is -0.292 e. The van der Waals surface area contributed by atoms with Crippen LogP contribution in [-0.4, -0.2) is 26.7 Å². The van der Waals surface area contributed by atoms with Crippen molar-refractivity contribution in [1.29, 1.82) is 0 Å². The van der Waals surface area contributed by atoms with E-state index in [9.17, 15) is 14.4 Å². The fourth-order valence-corrected chi connectivity index (χ4v) is 2.55. The smallest absolute Gasteiger partial charge is 0.292 e. The molecule has 6 nitrogen and oxygen atoms in total. The van der Waals surface area contributed by atoms with Crippen LogP contribution < -0.4 is 11.2 Å². The van der Waals surface area contributed by atoms with E-state index in [1.165, 1.54) is 11.3 Å². The number of hydrogen-bond acceptors (Lipinski definition) is 6. The Kier molecular flexibility index (Phi) is 3.55. The van der Waals surface area contributed by atoms with E-state index in [0.717, 1.165) is 11.8 Å². The fourth-order valence-electron chi connectivity index (χ4n) is 1.08. The number of aromatic nitrogens is 3. The van der Waals surface area contributed by atoms with Crippen LogP contribution in [0.15, 0.2) is 32.1 Å². The monoisotopic (exact) mass is 269 g/mol. The largest absolute Gasteiger partial charge is 0.342 e. The summed E-state index contributed by atoms with van der Waals surface area (Å²) in [6.07, 6.45) is 0. The van der Waals surface area contributed by atoms with Gasteiger partial charge >= 0.3 is 5.69 Å². The zero-order valence-electron chi connectivity index (χ0n) is 8.43. The number of ketones is 1. The van der Waals surface area contributed by atoms with Gasteiger partial charge in [0.1, 0.15) is 0 Å². The summed E-state index contributed by atoms with van der Waals surface area (Å²) in [5, 5.41) is 7.56. The predicted octanol–water partition coefficient (Wildman–Crippen LogP) is 0.495. The molecule has 88 valence electrons. The van der Waals surface area contributed by atoms with E-state index in [1.807, 2.05) is 10.4 Å². The first kappa shape index (κ1) is 11.8. The van der Waals surface area contributed by atoms with Gasteiger partial charge in [0.15, 0.2) is 10.8 Å². The molecule has 0 spiro atoms. The molecule has 17 heavy (non-hydrogen) atoms. The topological polar surface area (TPSA) is 95.7 Å². The first-order valence-corrected chi connectivity index (χ1v) is 6.42. The first-order valence-electron chi connectivity index (χ1n) is 4.55. The number of aromatic amines is 2. The average Bonchev–Trinajstić information content (AvgIpc) is 2.81. The van der Waals surface area contributed by atoms with Gasteiger partial charge in [0, 0.05) is 0 Å². The van der Waals surface area contributed by atoms with Crippen LogP contribution in [0.5, 0.6) is 0 Å². The van der Waals surface area contributed by atoms with Gasteiger partial charge in [-0.15, -0.1) is 11.3 Å². The van der Waals surface area contributed by atoms with Gasteiger partial charge in [-0.3, -0.25) is 14.6 Å². The molecule has 0 fully saturated rings. The zero-order chi connectivity index (χ0) is 12.3. The molecule has 2 heterocycles. The molecule has 0 atom stereocenters. The molecule has 0 saturated carbocycles. The van der Waals surface area contributed by atoms with Crippen LogP contribution in [0.4, 0.5) is 0 Å². The molecule has 0 aliphatic heterocycles. The first-order chi connectivity index (χ1) is 8.16. The van der Waals surface area contributed by atoms with Gasteiger partial charge in [-0.05, 0) is 11.4 Å². The van der Waals surface area contributed by atoms with Crippen molar-refractivity contribution in [1.82, 2.24) is 15.2 Å². The second kappa shape index (κ2) is 5.11. The Hall–Kier alpha value is -1.67. The highest BCUT2D eigenvalue weighted by Gasteiger charge is 2.10. The number of nitrogens with one attached hydrogen (secondary N) is 2. The molecule has 2 N–H and O–H groups in total. The van der Waals surface area contributed by atoms with Crippen LogP contribution in [0.2, 0.25) is 0 Å². The van der Waals surface area contributed by atoms with Gasteiger partial charge in [0.25, 0.3) is 5.56 Å². The summed E-state index contributed by atoms with van der Waals surface area (Å²) in [4.78, 5) is 36.3. The standard InChI is InChI=1S/C9H7N3O3S2/c13-5(6-2-1-3-16-6)4-17-8-7(14)10-9(15)12-11-8/h1-3H,4H2,(H2,10,12,14,15). The molecule has 2 aromatic rings. The number of thiophene rings is 1.